The highest BCUT2D eigenvalue weighted by molar-refractivity contribution is 5.96. The standard InChI is InChI=1S/C22H31F3N5O4/c1-5-8-15(18(31)22(23,24)25)26-19(32)17-10-7-11-29(17)20(33)16(9-6-2)27-21(34)30-14(4)12-13(3)28-30/h15-17H,5-11H2,1-4H3,(H,26,32)(H,27,34)/t15-,16-,17-/m0/s1. The van der Waals surface area contributed by atoms with Crippen molar-refractivity contribution in [1.82, 2.24) is 25.3 Å². The second kappa shape index (κ2) is 11.5. The Kier molecular flexibility index (Phi) is 9.22. The Bertz CT molecular complexity index is 915. The number of ketones is 1. The molecule has 189 valence electrons. The van der Waals surface area contributed by atoms with Crippen LogP contribution in [0.3, 0.4) is 0 Å². The van der Waals surface area contributed by atoms with Gasteiger partial charge in [-0.1, -0.05) is 26.7 Å². The fraction of sp³-hybridized carbons (Fsp3) is 0.682. The Morgan fingerprint density at radius 3 is 2.24 bits per heavy atom. The zero-order chi connectivity index (χ0) is 25.6. The van der Waals surface area contributed by atoms with E-state index >= 15 is 0 Å². The molecule has 12 heteroatoms. The van der Waals surface area contributed by atoms with Crippen LogP contribution in [0.4, 0.5) is 18.0 Å². The van der Waals surface area contributed by atoms with Crippen molar-refractivity contribution in [3.05, 3.63) is 17.5 Å². The summed E-state index contributed by atoms with van der Waals surface area (Å²) in [7, 11) is 0. The number of nitrogens with one attached hydrogen (secondary N) is 2. The number of Topliss-reactive ketones (excluding diaryl/α,β-unsaturated/α-hetero) is 1. The predicted molar refractivity (Wildman–Crippen MR) is 116 cm³/mol. The maximum Gasteiger partial charge on any atom is 0.452 e. The van der Waals surface area contributed by atoms with E-state index in [1.807, 2.05) is 6.92 Å². The number of hydrogen-bond acceptors (Lipinski definition) is 5. The predicted octanol–water partition coefficient (Wildman–Crippen LogP) is 2.43. The summed E-state index contributed by atoms with van der Waals surface area (Å²) in [6, 6.07) is -1.41. The van der Waals surface area contributed by atoms with Crippen LogP contribution in [0.5, 0.6) is 0 Å². The molecule has 1 aromatic rings. The van der Waals surface area contributed by atoms with Gasteiger partial charge in [0.15, 0.2) is 0 Å². The van der Waals surface area contributed by atoms with E-state index in [1.54, 1.807) is 20.8 Å². The van der Waals surface area contributed by atoms with Crippen LogP contribution in [0.15, 0.2) is 0 Å². The van der Waals surface area contributed by atoms with Gasteiger partial charge in [-0.15, -0.1) is 0 Å². The molecule has 1 fully saturated rings. The molecule has 0 saturated carbocycles. The van der Waals surface area contributed by atoms with E-state index in [-0.39, 0.29) is 25.8 Å². The van der Waals surface area contributed by atoms with Crippen molar-refractivity contribution in [2.24, 2.45) is 0 Å². The van der Waals surface area contributed by atoms with Crippen LogP contribution in [0.25, 0.3) is 0 Å². The highest BCUT2D eigenvalue weighted by atomic mass is 19.4. The first-order valence-electron chi connectivity index (χ1n) is 11.4. The van der Waals surface area contributed by atoms with Crippen LogP contribution in [-0.4, -0.2) is 69.2 Å². The van der Waals surface area contributed by atoms with Gasteiger partial charge < -0.3 is 15.5 Å². The smallest absolute Gasteiger partial charge is 0.344 e. The highest BCUT2D eigenvalue weighted by Gasteiger charge is 2.45. The van der Waals surface area contributed by atoms with E-state index in [0.29, 0.717) is 30.7 Å². The number of nitrogens with zero attached hydrogens (tertiary/aromatic N) is 3. The molecule has 1 saturated heterocycles. The molecule has 0 spiro atoms. The molecular weight excluding hydrogens is 455 g/mol. The first-order chi connectivity index (χ1) is 15.9. The van der Waals surface area contributed by atoms with E-state index in [4.69, 9.17) is 0 Å². The Morgan fingerprint density at radius 1 is 1.09 bits per heavy atom. The molecule has 1 aromatic heterocycles. The average Bonchev–Trinajstić information content (AvgIpc) is 3.37. The van der Waals surface area contributed by atoms with Crippen LogP contribution in [0, 0.1) is 19.9 Å². The second-order valence-electron chi connectivity index (χ2n) is 8.40. The fourth-order valence-electron chi connectivity index (χ4n) is 4.04. The molecule has 2 N–H and O–H groups in total. The summed E-state index contributed by atoms with van der Waals surface area (Å²) >= 11 is 0. The lowest BCUT2D eigenvalue weighted by Gasteiger charge is -2.29. The number of aryl methyl sites for hydroxylation is 2. The SMILES string of the molecule is CCC[C@H](NC(=O)n1nc(C)[c]c1C)C(=O)N1CCC[C@H]1C(=O)N[C@@H](CCC)C(=O)C(F)(F)F. The van der Waals surface area contributed by atoms with Crippen molar-refractivity contribution in [2.45, 2.75) is 90.5 Å². The van der Waals surface area contributed by atoms with E-state index < -0.39 is 47.9 Å². The summed E-state index contributed by atoms with van der Waals surface area (Å²) in [4.78, 5) is 51.7. The number of rotatable bonds is 9. The zero-order valence-electron chi connectivity index (χ0n) is 19.8. The molecule has 2 heterocycles. The summed E-state index contributed by atoms with van der Waals surface area (Å²) in [6.07, 6.45) is -3.42. The maximum absolute atomic E-state index is 13.3. The summed E-state index contributed by atoms with van der Waals surface area (Å²) in [6.45, 7) is 6.97. The summed E-state index contributed by atoms with van der Waals surface area (Å²) in [5.41, 5.74) is 0.977. The fourth-order valence-corrected chi connectivity index (χ4v) is 4.04. The lowest BCUT2D eigenvalue weighted by atomic mass is 10.1. The van der Waals surface area contributed by atoms with Gasteiger partial charge in [0.25, 0.3) is 5.78 Å². The van der Waals surface area contributed by atoms with Crippen LogP contribution >= 0.6 is 0 Å². The Labute approximate surface area is 196 Å². The van der Waals surface area contributed by atoms with Crippen molar-refractivity contribution in [2.75, 3.05) is 6.54 Å². The molecule has 3 amide bonds. The first-order valence-corrected chi connectivity index (χ1v) is 11.4. The lowest BCUT2D eigenvalue weighted by Crippen LogP contribution is -2.56. The molecule has 0 bridgehead atoms. The molecule has 1 aliphatic heterocycles. The van der Waals surface area contributed by atoms with Gasteiger partial charge in [-0.2, -0.15) is 23.0 Å². The maximum atomic E-state index is 13.3. The van der Waals surface area contributed by atoms with Crippen molar-refractivity contribution < 1.29 is 32.3 Å². The number of carbonyl (C=O) groups excluding carboxylic acids is 4. The third-order valence-electron chi connectivity index (χ3n) is 5.62. The average molecular weight is 487 g/mol. The number of carbonyl (C=O) groups is 4. The molecule has 34 heavy (non-hydrogen) atoms. The number of hydrogen-bond donors (Lipinski definition) is 2. The van der Waals surface area contributed by atoms with Gasteiger partial charge in [0.05, 0.1) is 17.4 Å². The molecule has 0 aromatic carbocycles. The van der Waals surface area contributed by atoms with Crippen molar-refractivity contribution >= 4 is 23.6 Å². The van der Waals surface area contributed by atoms with Crippen LogP contribution in [0.1, 0.15) is 63.8 Å². The Balaban J connectivity index is 2.15. The largest absolute Gasteiger partial charge is 0.452 e. The highest BCUT2D eigenvalue weighted by Crippen LogP contribution is 2.23. The van der Waals surface area contributed by atoms with E-state index in [1.165, 1.54) is 4.90 Å². The normalized spacial score (nSPS) is 17.9. The van der Waals surface area contributed by atoms with Crippen LogP contribution < -0.4 is 10.6 Å². The zero-order valence-corrected chi connectivity index (χ0v) is 19.8. The Morgan fingerprint density at radius 2 is 1.71 bits per heavy atom. The first kappa shape index (κ1) is 27.3. The van der Waals surface area contributed by atoms with Crippen molar-refractivity contribution in [1.29, 1.82) is 0 Å². The van der Waals surface area contributed by atoms with Crippen molar-refractivity contribution in [3.63, 3.8) is 0 Å². The summed E-state index contributed by atoms with van der Waals surface area (Å²) in [5.74, 6) is -3.33. The number of aromatic nitrogens is 2. The number of amides is 3. The van der Waals surface area contributed by atoms with E-state index in [9.17, 15) is 32.3 Å². The van der Waals surface area contributed by atoms with E-state index in [0.717, 1.165) is 4.68 Å². The van der Waals surface area contributed by atoms with Crippen molar-refractivity contribution in [3.8, 4) is 0 Å². The van der Waals surface area contributed by atoms with Gasteiger partial charge in [0.2, 0.25) is 11.8 Å². The minimum Gasteiger partial charge on any atom is -0.344 e. The minimum absolute atomic E-state index is 0.168. The number of alkyl halides is 3. The topological polar surface area (TPSA) is 113 Å². The van der Waals surface area contributed by atoms with Crippen LogP contribution in [-0.2, 0) is 14.4 Å². The molecule has 9 nitrogen and oxygen atoms in total. The third-order valence-corrected chi connectivity index (χ3v) is 5.62. The monoisotopic (exact) mass is 486 g/mol. The second-order valence-corrected chi connectivity index (χ2v) is 8.40. The molecule has 2 rings (SSSR count). The van der Waals surface area contributed by atoms with Gasteiger partial charge in [-0.25, -0.2) is 4.79 Å². The summed E-state index contributed by atoms with van der Waals surface area (Å²) in [5, 5.41) is 8.88. The molecule has 1 radical (unpaired) electrons. The van der Waals surface area contributed by atoms with E-state index in [2.05, 4.69) is 21.8 Å². The van der Waals surface area contributed by atoms with Gasteiger partial charge in [0.1, 0.15) is 12.1 Å². The molecular formula is C22H31F3N5O4. The molecule has 3 atom stereocenters. The third kappa shape index (κ3) is 6.57. The summed E-state index contributed by atoms with van der Waals surface area (Å²) < 4.78 is 39.9. The lowest BCUT2D eigenvalue weighted by molar-refractivity contribution is -0.174. The molecule has 0 aliphatic carbocycles. The van der Waals surface area contributed by atoms with Gasteiger partial charge in [-0.05, 0) is 39.5 Å². The Hall–Kier alpha value is -2.92. The minimum atomic E-state index is -5.07. The van der Waals surface area contributed by atoms with Gasteiger partial charge in [-0.3, -0.25) is 14.4 Å². The van der Waals surface area contributed by atoms with Crippen LogP contribution in [0.2, 0.25) is 0 Å². The quantitative estimate of drug-likeness (QED) is 0.557. The number of halogens is 3. The molecule has 0 unspecified atom stereocenters. The van der Waals surface area contributed by atoms with Gasteiger partial charge in [0, 0.05) is 12.6 Å². The number of likely N-dealkylation sites (tertiary alicyclic amines) is 1. The van der Waals surface area contributed by atoms with Gasteiger partial charge >= 0.3 is 12.2 Å². The molecule has 1 aliphatic rings.